The third-order valence-corrected chi connectivity index (χ3v) is 8.68. The smallest absolute Gasteiger partial charge is 0.334 e. The molecule has 1 aliphatic heterocycles. The van der Waals surface area contributed by atoms with Gasteiger partial charge in [-0.15, -0.1) is 0 Å². The second kappa shape index (κ2) is 16.6. The number of carboxylic acids is 2. The van der Waals surface area contributed by atoms with E-state index in [2.05, 4.69) is 6.92 Å². The highest BCUT2D eigenvalue weighted by Crippen LogP contribution is 2.51. The fraction of sp³-hybridized carbons (Fsp3) is 0.657. The Hall–Kier alpha value is -2.76. The van der Waals surface area contributed by atoms with E-state index in [1.807, 2.05) is 32.0 Å². The zero-order valence-electron chi connectivity index (χ0n) is 26.8. The van der Waals surface area contributed by atoms with Crippen molar-refractivity contribution in [2.45, 2.75) is 143 Å². The Bertz CT molecular complexity index is 1050. The highest BCUT2D eigenvalue weighted by Gasteiger charge is 2.50. The van der Waals surface area contributed by atoms with Gasteiger partial charge in [-0.1, -0.05) is 96.1 Å². The quantitative estimate of drug-likeness (QED) is 0.162. The monoisotopic (exact) mass is 569 g/mol. The summed E-state index contributed by atoms with van der Waals surface area (Å²) in [5.74, 6) is -1.68. The number of carbonyl (C=O) groups is 2. The first-order valence-corrected chi connectivity index (χ1v) is 15.9. The van der Waals surface area contributed by atoms with Crippen molar-refractivity contribution in [3.05, 3.63) is 51.9 Å². The maximum Gasteiger partial charge on any atom is 0.334 e. The van der Waals surface area contributed by atoms with Gasteiger partial charge >= 0.3 is 11.9 Å². The van der Waals surface area contributed by atoms with Gasteiger partial charge in [0.05, 0.1) is 22.7 Å². The van der Waals surface area contributed by atoms with Crippen molar-refractivity contribution in [3.63, 3.8) is 0 Å². The van der Waals surface area contributed by atoms with Crippen molar-refractivity contribution in [2.24, 2.45) is 0 Å². The van der Waals surface area contributed by atoms with Crippen LogP contribution in [0, 0.1) is 0 Å². The van der Waals surface area contributed by atoms with Crippen molar-refractivity contribution in [1.82, 2.24) is 4.90 Å². The molecule has 0 saturated carbocycles. The van der Waals surface area contributed by atoms with Crippen LogP contribution in [0.15, 0.2) is 40.7 Å². The van der Waals surface area contributed by atoms with Crippen LogP contribution in [0.3, 0.4) is 0 Å². The van der Waals surface area contributed by atoms with Crippen LogP contribution in [-0.4, -0.2) is 40.2 Å². The number of nitrogens with zero attached hydrogens (tertiary/aromatic N) is 1. The highest BCUT2D eigenvalue weighted by molar-refractivity contribution is 6.01. The number of benzene rings is 1. The average Bonchev–Trinajstić information content (AvgIpc) is 2.89. The van der Waals surface area contributed by atoms with Gasteiger partial charge in [-0.3, -0.25) is 0 Å². The van der Waals surface area contributed by atoms with E-state index in [0.717, 1.165) is 24.8 Å². The Kier molecular flexibility index (Phi) is 14.0. The van der Waals surface area contributed by atoms with Crippen molar-refractivity contribution in [2.75, 3.05) is 7.05 Å². The van der Waals surface area contributed by atoms with E-state index in [1.54, 1.807) is 32.7 Å². The summed E-state index contributed by atoms with van der Waals surface area (Å²) in [5, 5.41) is 20.9. The number of rotatable bonds is 19. The van der Waals surface area contributed by atoms with E-state index in [9.17, 15) is 19.8 Å². The average molecular weight is 570 g/mol. The molecule has 1 aromatic rings. The van der Waals surface area contributed by atoms with Crippen molar-refractivity contribution in [1.29, 1.82) is 0 Å². The molecule has 1 aliphatic rings. The number of carboxylic acid groups (broad SMARTS) is 2. The fourth-order valence-electron chi connectivity index (χ4n) is 6.46. The van der Waals surface area contributed by atoms with Crippen LogP contribution in [0.25, 0.3) is 0 Å². The van der Waals surface area contributed by atoms with Gasteiger partial charge < -0.3 is 19.8 Å². The van der Waals surface area contributed by atoms with Gasteiger partial charge in [-0.25, -0.2) is 9.59 Å². The summed E-state index contributed by atoms with van der Waals surface area (Å²) < 4.78 is 6.23. The summed E-state index contributed by atoms with van der Waals surface area (Å²) in [6.45, 7) is 11.4. The molecule has 41 heavy (non-hydrogen) atoms. The Morgan fingerprint density at radius 3 is 1.66 bits per heavy atom. The lowest BCUT2D eigenvalue weighted by molar-refractivity contribution is -0.134. The maximum absolute atomic E-state index is 12.8. The number of hydrogen-bond acceptors (Lipinski definition) is 4. The summed E-state index contributed by atoms with van der Waals surface area (Å²) in [7, 11) is 1.72. The second-order valence-electron chi connectivity index (χ2n) is 12.2. The van der Waals surface area contributed by atoms with Gasteiger partial charge in [-0.05, 0) is 59.1 Å². The van der Waals surface area contributed by atoms with Crippen LogP contribution >= 0.6 is 0 Å². The molecule has 2 N–H and O–H groups in total. The zero-order valence-corrected chi connectivity index (χ0v) is 26.8. The van der Waals surface area contributed by atoms with Gasteiger partial charge in [0.15, 0.2) is 0 Å². The van der Waals surface area contributed by atoms with Crippen LogP contribution in [0.1, 0.15) is 136 Å². The normalized spacial score (nSPS) is 15.2. The number of hydrogen-bond donors (Lipinski definition) is 2. The first-order chi connectivity index (χ1) is 19.5. The van der Waals surface area contributed by atoms with E-state index < -0.39 is 17.4 Å². The lowest BCUT2D eigenvalue weighted by Gasteiger charge is -2.43. The summed E-state index contributed by atoms with van der Waals surface area (Å²) in [6.07, 6.45) is 17.1. The standard InChI is InChI=1S/C35H55NO5/c1-8-9-10-11-12-13-14-15-16-17-18-19-20-22-28-23-21-24-29(41-25(2)3)32(28)35(6)30(33(37)38)26(4)36(7)27(5)31(35)34(39)40/h21,23-25H,8-20,22H2,1-7H3,(H,37,38)(H,39,40). The molecule has 0 aliphatic carbocycles. The fourth-order valence-corrected chi connectivity index (χ4v) is 6.46. The number of unbranched alkanes of at least 4 members (excludes halogenated alkanes) is 12. The molecule has 0 radical (unpaired) electrons. The molecular formula is C35H55NO5. The minimum absolute atomic E-state index is 0.0782. The van der Waals surface area contributed by atoms with E-state index in [-0.39, 0.29) is 17.3 Å². The second-order valence-corrected chi connectivity index (χ2v) is 12.2. The van der Waals surface area contributed by atoms with E-state index >= 15 is 0 Å². The summed E-state index contributed by atoms with van der Waals surface area (Å²) >= 11 is 0. The number of aryl methyl sites for hydroxylation is 1. The van der Waals surface area contributed by atoms with Crippen molar-refractivity contribution < 1.29 is 24.5 Å². The van der Waals surface area contributed by atoms with Gasteiger partial charge in [0, 0.05) is 24.0 Å². The topological polar surface area (TPSA) is 87.1 Å². The molecule has 0 aromatic heterocycles. The predicted octanol–water partition coefficient (Wildman–Crippen LogP) is 9.03. The van der Waals surface area contributed by atoms with E-state index in [1.165, 1.54) is 70.6 Å². The SMILES string of the molecule is CCCCCCCCCCCCCCCc1cccc(OC(C)C)c1C1(C)C(C(=O)O)=C(C)N(C)C(C)=C1C(=O)O. The minimum atomic E-state index is -1.38. The molecule has 1 heterocycles. The number of ether oxygens (including phenoxy) is 1. The molecule has 0 atom stereocenters. The lowest BCUT2D eigenvalue weighted by Crippen LogP contribution is -2.44. The zero-order chi connectivity index (χ0) is 30.6. The largest absolute Gasteiger partial charge is 0.491 e. The van der Waals surface area contributed by atoms with Crippen LogP contribution in [0.5, 0.6) is 5.75 Å². The third kappa shape index (κ3) is 8.86. The van der Waals surface area contributed by atoms with Crippen LogP contribution in [0.4, 0.5) is 0 Å². The molecule has 0 unspecified atom stereocenters. The molecule has 0 spiro atoms. The highest BCUT2D eigenvalue weighted by atomic mass is 16.5. The Labute approximate surface area is 248 Å². The molecule has 6 heteroatoms. The lowest BCUT2D eigenvalue weighted by atomic mass is 9.65. The van der Waals surface area contributed by atoms with Crippen LogP contribution < -0.4 is 4.74 Å². The summed E-state index contributed by atoms with van der Waals surface area (Å²) in [5.41, 5.74) is 1.47. The third-order valence-electron chi connectivity index (χ3n) is 8.68. The van der Waals surface area contributed by atoms with E-state index in [4.69, 9.17) is 4.74 Å². The molecule has 0 fully saturated rings. The van der Waals surface area contributed by atoms with Crippen LogP contribution in [-0.2, 0) is 21.4 Å². The first-order valence-electron chi connectivity index (χ1n) is 15.9. The molecule has 0 amide bonds. The molecule has 2 rings (SSSR count). The Balaban J connectivity index is 2.22. The maximum atomic E-state index is 12.8. The van der Waals surface area contributed by atoms with Gasteiger partial charge in [0.25, 0.3) is 0 Å². The van der Waals surface area contributed by atoms with Crippen LogP contribution in [0.2, 0.25) is 0 Å². The molecule has 0 bridgehead atoms. The molecule has 0 saturated heterocycles. The van der Waals surface area contributed by atoms with Crippen molar-refractivity contribution in [3.8, 4) is 5.75 Å². The van der Waals surface area contributed by atoms with Crippen molar-refractivity contribution >= 4 is 11.9 Å². The Morgan fingerprint density at radius 2 is 1.24 bits per heavy atom. The van der Waals surface area contributed by atoms with Gasteiger partial charge in [0.2, 0.25) is 0 Å². The Morgan fingerprint density at radius 1 is 0.805 bits per heavy atom. The van der Waals surface area contributed by atoms with E-state index in [0.29, 0.717) is 22.7 Å². The molecule has 1 aromatic carbocycles. The first kappa shape index (κ1) is 34.4. The summed E-state index contributed by atoms with van der Waals surface area (Å²) in [4.78, 5) is 27.2. The minimum Gasteiger partial charge on any atom is -0.491 e. The predicted molar refractivity (Wildman–Crippen MR) is 167 cm³/mol. The molecule has 6 nitrogen and oxygen atoms in total. The van der Waals surface area contributed by atoms with Gasteiger partial charge in [0.1, 0.15) is 5.75 Å². The molecular weight excluding hydrogens is 514 g/mol. The molecule has 230 valence electrons. The number of aliphatic carboxylic acids is 2. The van der Waals surface area contributed by atoms with Gasteiger partial charge in [-0.2, -0.15) is 0 Å². The number of allylic oxidation sites excluding steroid dienone is 2. The summed E-state index contributed by atoms with van der Waals surface area (Å²) in [6, 6.07) is 5.79.